The van der Waals surface area contributed by atoms with Gasteiger partial charge in [-0.3, -0.25) is 18.7 Å². The standard InChI is InChI=1S/C20H24N2O6S/c1-12-11-29(26)18-15(21-14(23)10-27-13-8-6-5-7-9-13)17(24)22(18)16(12)19(25)28-20(2,3)4/h5-9,15,18H,10-11H2,1-4H3,(H,21,23)/t15-,18-,29?/m1/s1. The van der Waals surface area contributed by atoms with E-state index in [-0.39, 0.29) is 18.1 Å². The van der Waals surface area contributed by atoms with Crippen molar-refractivity contribution >= 4 is 28.6 Å². The van der Waals surface area contributed by atoms with Gasteiger partial charge in [-0.15, -0.1) is 0 Å². The molecular formula is C20H24N2O6S. The Balaban J connectivity index is 1.68. The molecule has 0 aromatic heterocycles. The van der Waals surface area contributed by atoms with Crippen molar-refractivity contribution in [2.24, 2.45) is 0 Å². The first-order chi connectivity index (χ1) is 13.6. The number of carbonyl (C=O) groups excluding carboxylic acids is 3. The summed E-state index contributed by atoms with van der Waals surface area (Å²) in [6, 6.07) is 7.83. The highest BCUT2D eigenvalue weighted by Crippen LogP contribution is 2.35. The van der Waals surface area contributed by atoms with Gasteiger partial charge in [0.15, 0.2) is 6.61 Å². The van der Waals surface area contributed by atoms with Crippen LogP contribution in [0.4, 0.5) is 0 Å². The van der Waals surface area contributed by atoms with E-state index in [1.54, 1.807) is 52.0 Å². The van der Waals surface area contributed by atoms with Gasteiger partial charge in [-0.2, -0.15) is 0 Å². The molecule has 1 unspecified atom stereocenters. The molecule has 9 heteroatoms. The fraction of sp³-hybridized carbons (Fsp3) is 0.450. The first-order valence-corrected chi connectivity index (χ1v) is 10.6. The third-order valence-corrected chi connectivity index (χ3v) is 6.08. The smallest absolute Gasteiger partial charge is 0.355 e. The molecule has 2 aliphatic rings. The summed E-state index contributed by atoms with van der Waals surface area (Å²) in [5, 5.41) is 1.77. The van der Waals surface area contributed by atoms with Crippen molar-refractivity contribution in [2.75, 3.05) is 12.4 Å². The van der Waals surface area contributed by atoms with E-state index in [0.29, 0.717) is 11.3 Å². The number of esters is 1. The van der Waals surface area contributed by atoms with E-state index in [1.165, 1.54) is 4.90 Å². The number of ether oxygens (including phenoxy) is 2. The molecule has 2 aliphatic heterocycles. The summed E-state index contributed by atoms with van der Waals surface area (Å²) in [6.07, 6.45) is 0. The number of hydrogen-bond acceptors (Lipinski definition) is 6. The Morgan fingerprint density at radius 1 is 1.24 bits per heavy atom. The van der Waals surface area contributed by atoms with Gasteiger partial charge < -0.3 is 14.8 Å². The molecule has 2 heterocycles. The maximum absolute atomic E-state index is 12.7. The molecule has 1 fully saturated rings. The lowest BCUT2D eigenvalue weighted by Gasteiger charge is -2.49. The molecule has 0 radical (unpaired) electrons. The molecule has 1 aromatic carbocycles. The van der Waals surface area contributed by atoms with Gasteiger partial charge >= 0.3 is 5.97 Å². The molecule has 3 atom stereocenters. The van der Waals surface area contributed by atoms with Crippen LogP contribution in [-0.4, -0.2) is 56.3 Å². The third kappa shape index (κ3) is 4.50. The number of carbonyl (C=O) groups is 3. The third-order valence-electron chi connectivity index (χ3n) is 4.34. The zero-order valence-corrected chi connectivity index (χ0v) is 17.6. The van der Waals surface area contributed by atoms with Gasteiger partial charge in [-0.1, -0.05) is 18.2 Å². The molecule has 0 saturated carbocycles. The van der Waals surface area contributed by atoms with E-state index in [4.69, 9.17) is 9.47 Å². The van der Waals surface area contributed by atoms with E-state index < -0.39 is 45.6 Å². The number of benzene rings is 1. The minimum absolute atomic E-state index is 0.112. The lowest BCUT2D eigenvalue weighted by molar-refractivity contribution is -0.159. The largest absolute Gasteiger partial charge is 0.484 e. The fourth-order valence-electron chi connectivity index (χ4n) is 3.16. The number of fused-ring (bicyclic) bond motifs is 1. The Labute approximate surface area is 171 Å². The van der Waals surface area contributed by atoms with Crippen LogP contribution in [0.15, 0.2) is 41.6 Å². The number of nitrogens with zero attached hydrogens (tertiary/aromatic N) is 1. The highest BCUT2D eigenvalue weighted by Gasteiger charge is 2.57. The predicted octanol–water partition coefficient (Wildman–Crippen LogP) is 1.10. The van der Waals surface area contributed by atoms with E-state index in [2.05, 4.69) is 5.32 Å². The van der Waals surface area contributed by atoms with Crippen molar-refractivity contribution in [2.45, 2.75) is 44.7 Å². The zero-order valence-electron chi connectivity index (χ0n) is 16.8. The van der Waals surface area contributed by atoms with Gasteiger partial charge in [0.2, 0.25) is 0 Å². The molecule has 0 spiro atoms. The van der Waals surface area contributed by atoms with Crippen molar-refractivity contribution in [3.63, 3.8) is 0 Å². The summed E-state index contributed by atoms with van der Waals surface area (Å²) in [5.74, 6) is -0.973. The van der Waals surface area contributed by atoms with Crippen molar-refractivity contribution in [3.8, 4) is 5.75 Å². The van der Waals surface area contributed by atoms with E-state index in [1.807, 2.05) is 6.07 Å². The van der Waals surface area contributed by atoms with Crippen molar-refractivity contribution < 1.29 is 28.1 Å². The Morgan fingerprint density at radius 2 is 1.90 bits per heavy atom. The number of β-lactam (4-membered cyclic amide) rings is 1. The summed E-state index contributed by atoms with van der Waals surface area (Å²) in [5.41, 5.74) is -0.0906. The number of rotatable bonds is 5. The van der Waals surface area contributed by atoms with E-state index in [0.717, 1.165) is 0 Å². The molecule has 156 valence electrons. The lowest BCUT2D eigenvalue weighted by atomic mass is 10.0. The summed E-state index contributed by atoms with van der Waals surface area (Å²) in [4.78, 5) is 38.6. The van der Waals surface area contributed by atoms with E-state index >= 15 is 0 Å². The molecule has 8 nitrogen and oxygen atoms in total. The predicted molar refractivity (Wildman–Crippen MR) is 106 cm³/mol. The quantitative estimate of drug-likeness (QED) is 0.565. The number of amides is 2. The van der Waals surface area contributed by atoms with Crippen LogP contribution in [0.2, 0.25) is 0 Å². The molecule has 1 aromatic rings. The second-order valence-corrected chi connectivity index (χ2v) is 9.43. The van der Waals surface area contributed by atoms with Crippen molar-refractivity contribution in [1.82, 2.24) is 10.2 Å². The minimum Gasteiger partial charge on any atom is -0.484 e. The molecule has 0 bridgehead atoms. The average molecular weight is 420 g/mol. The molecular weight excluding hydrogens is 396 g/mol. The summed E-state index contributed by atoms with van der Waals surface area (Å²) >= 11 is 0. The molecule has 2 amide bonds. The van der Waals surface area contributed by atoms with Crippen LogP contribution < -0.4 is 10.1 Å². The number of nitrogens with one attached hydrogen (secondary N) is 1. The maximum atomic E-state index is 12.7. The van der Waals surface area contributed by atoms with Crippen LogP contribution in [-0.2, 0) is 29.9 Å². The first kappa shape index (κ1) is 21.0. The molecule has 1 N–H and O–H groups in total. The Kier molecular flexibility index (Phi) is 5.79. The topological polar surface area (TPSA) is 102 Å². The Bertz CT molecular complexity index is 890. The minimum atomic E-state index is -1.44. The summed E-state index contributed by atoms with van der Waals surface area (Å²) < 4.78 is 23.3. The van der Waals surface area contributed by atoms with Gasteiger partial charge in [0, 0.05) is 5.75 Å². The van der Waals surface area contributed by atoms with Crippen LogP contribution in [0, 0.1) is 0 Å². The van der Waals surface area contributed by atoms with Gasteiger partial charge in [-0.05, 0) is 45.4 Å². The Hall–Kier alpha value is -2.68. The fourth-order valence-corrected chi connectivity index (χ4v) is 4.82. The summed E-state index contributed by atoms with van der Waals surface area (Å²) in [6.45, 7) is 6.56. The highest BCUT2D eigenvalue weighted by atomic mass is 32.2. The molecule has 3 rings (SSSR count). The van der Waals surface area contributed by atoms with Crippen molar-refractivity contribution in [1.29, 1.82) is 0 Å². The van der Waals surface area contributed by atoms with E-state index in [9.17, 15) is 18.6 Å². The monoisotopic (exact) mass is 420 g/mol. The van der Waals surface area contributed by atoms with Crippen LogP contribution >= 0.6 is 0 Å². The number of hydrogen-bond donors (Lipinski definition) is 1. The van der Waals surface area contributed by atoms with Crippen LogP contribution in [0.3, 0.4) is 0 Å². The lowest BCUT2D eigenvalue weighted by Crippen LogP contribution is -2.73. The summed E-state index contributed by atoms with van der Waals surface area (Å²) in [7, 11) is -1.44. The average Bonchev–Trinajstić information content (AvgIpc) is 2.63. The second-order valence-electron chi connectivity index (χ2n) is 7.90. The number of para-hydroxylation sites is 1. The van der Waals surface area contributed by atoms with Crippen LogP contribution in [0.5, 0.6) is 5.75 Å². The van der Waals surface area contributed by atoms with Crippen LogP contribution in [0.25, 0.3) is 0 Å². The first-order valence-electron chi connectivity index (χ1n) is 9.19. The van der Waals surface area contributed by atoms with Crippen LogP contribution in [0.1, 0.15) is 27.7 Å². The normalized spacial score (nSPS) is 23.8. The maximum Gasteiger partial charge on any atom is 0.355 e. The van der Waals surface area contributed by atoms with Gasteiger partial charge in [0.05, 0.1) is 10.8 Å². The zero-order chi connectivity index (χ0) is 21.3. The van der Waals surface area contributed by atoms with Gasteiger partial charge in [0.25, 0.3) is 11.8 Å². The van der Waals surface area contributed by atoms with Gasteiger partial charge in [0.1, 0.15) is 28.5 Å². The Morgan fingerprint density at radius 3 is 2.52 bits per heavy atom. The van der Waals surface area contributed by atoms with Gasteiger partial charge in [-0.25, -0.2) is 4.79 Å². The van der Waals surface area contributed by atoms with Crippen molar-refractivity contribution in [3.05, 3.63) is 41.6 Å². The second kappa shape index (κ2) is 7.98. The molecule has 0 aliphatic carbocycles. The highest BCUT2D eigenvalue weighted by molar-refractivity contribution is 7.86. The molecule has 29 heavy (non-hydrogen) atoms. The molecule has 1 saturated heterocycles. The SMILES string of the molecule is CC1=C(C(=O)OC(C)(C)C)N2C(=O)[C@@H](NC(=O)COc3ccccc3)[C@H]2S(=O)C1.